The predicted octanol–water partition coefficient (Wildman–Crippen LogP) is 4.00. The molecule has 0 saturated carbocycles. The number of urea groups is 1. The highest BCUT2D eigenvalue weighted by Crippen LogP contribution is 2.21. The number of likely N-dealkylation sites (tertiary alicyclic amines) is 1. The molecule has 1 fully saturated rings. The Hall–Kier alpha value is -3.22. The van der Waals surface area contributed by atoms with Gasteiger partial charge in [0.05, 0.1) is 12.6 Å². The lowest BCUT2D eigenvalue weighted by molar-refractivity contribution is 0.170. The zero-order valence-electron chi connectivity index (χ0n) is 15.7. The minimum Gasteiger partial charge on any atom is -0.486 e. The minimum atomic E-state index is -0.0559. The van der Waals surface area contributed by atoms with Crippen molar-refractivity contribution in [2.24, 2.45) is 5.92 Å². The molecular weight excluding hydrogens is 356 g/mol. The maximum Gasteiger partial charge on any atom is 0.321 e. The van der Waals surface area contributed by atoms with Crippen molar-refractivity contribution in [3.63, 3.8) is 0 Å². The normalized spacial score (nSPS) is 16.7. The second-order valence-electron chi connectivity index (χ2n) is 7.04. The van der Waals surface area contributed by atoms with Gasteiger partial charge < -0.3 is 23.9 Å². The monoisotopic (exact) mass is 380 g/mol. The Morgan fingerprint density at radius 1 is 1.29 bits per heavy atom. The largest absolute Gasteiger partial charge is 0.486 e. The first kappa shape index (κ1) is 18.2. The molecule has 0 spiro atoms. The van der Waals surface area contributed by atoms with Gasteiger partial charge in [0.15, 0.2) is 0 Å². The number of benzene rings is 1. The molecule has 7 nitrogen and oxygen atoms in total. The number of carbonyl (C=O) groups is 1. The predicted molar refractivity (Wildman–Crippen MR) is 105 cm³/mol. The lowest BCUT2D eigenvalue weighted by Crippen LogP contribution is -2.43. The van der Waals surface area contributed by atoms with Crippen LogP contribution < -0.4 is 10.1 Å². The summed E-state index contributed by atoms with van der Waals surface area (Å²) < 4.78 is 13.0. The van der Waals surface area contributed by atoms with Crippen molar-refractivity contribution in [2.45, 2.75) is 26.0 Å². The SMILES string of the molecule is O=C(Nc1ccc(OCc2ccco2)cc1)N1CCC[C@@H](Cn2ccnc2)C1. The number of imidazole rings is 1. The van der Waals surface area contributed by atoms with Crippen LogP contribution in [0.2, 0.25) is 0 Å². The third-order valence-electron chi connectivity index (χ3n) is 4.90. The average molecular weight is 380 g/mol. The van der Waals surface area contributed by atoms with Crippen molar-refractivity contribution in [3.8, 4) is 5.75 Å². The van der Waals surface area contributed by atoms with Gasteiger partial charge in [0.2, 0.25) is 0 Å². The molecule has 1 atom stereocenters. The van der Waals surface area contributed by atoms with Gasteiger partial charge in [0.25, 0.3) is 0 Å². The topological polar surface area (TPSA) is 72.5 Å². The van der Waals surface area contributed by atoms with Crippen LogP contribution in [0.5, 0.6) is 5.75 Å². The lowest BCUT2D eigenvalue weighted by atomic mass is 9.98. The summed E-state index contributed by atoms with van der Waals surface area (Å²) in [5.41, 5.74) is 0.757. The van der Waals surface area contributed by atoms with Crippen LogP contribution in [0, 0.1) is 5.92 Å². The van der Waals surface area contributed by atoms with Gasteiger partial charge >= 0.3 is 6.03 Å². The van der Waals surface area contributed by atoms with E-state index in [9.17, 15) is 4.79 Å². The zero-order chi connectivity index (χ0) is 19.2. The van der Waals surface area contributed by atoms with Crippen molar-refractivity contribution < 1.29 is 13.9 Å². The van der Waals surface area contributed by atoms with Gasteiger partial charge in [-0.3, -0.25) is 0 Å². The highest BCUT2D eigenvalue weighted by Gasteiger charge is 2.24. The Bertz CT molecular complexity index is 860. The molecule has 0 radical (unpaired) electrons. The summed E-state index contributed by atoms with van der Waals surface area (Å²) >= 11 is 0. The fourth-order valence-electron chi connectivity index (χ4n) is 3.48. The summed E-state index contributed by atoms with van der Waals surface area (Å²) in [5, 5.41) is 2.98. The number of hydrogen-bond donors (Lipinski definition) is 1. The van der Waals surface area contributed by atoms with E-state index in [0.29, 0.717) is 12.5 Å². The van der Waals surface area contributed by atoms with Crippen LogP contribution in [0.15, 0.2) is 65.8 Å². The molecule has 1 aromatic carbocycles. The number of hydrogen-bond acceptors (Lipinski definition) is 4. The van der Waals surface area contributed by atoms with E-state index in [-0.39, 0.29) is 6.03 Å². The number of amides is 2. The number of nitrogens with one attached hydrogen (secondary N) is 1. The molecule has 7 heteroatoms. The van der Waals surface area contributed by atoms with Crippen LogP contribution in [0.4, 0.5) is 10.5 Å². The van der Waals surface area contributed by atoms with Crippen molar-refractivity contribution in [2.75, 3.05) is 18.4 Å². The molecular formula is C21H24N4O3. The van der Waals surface area contributed by atoms with E-state index in [0.717, 1.165) is 49.7 Å². The first-order chi connectivity index (χ1) is 13.8. The zero-order valence-corrected chi connectivity index (χ0v) is 15.7. The molecule has 4 rings (SSSR count). The highest BCUT2D eigenvalue weighted by atomic mass is 16.5. The van der Waals surface area contributed by atoms with Gasteiger partial charge in [-0.05, 0) is 55.2 Å². The Balaban J connectivity index is 1.27. The minimum absolute atomic E-state index is 0.0559. The van der Waals surface area contributed by atoms with Crippen molar-refractivity contribution in [1.29, 1.82) is 0 Å². The molecule has 28 heavy (non-hydrogen) atoms. The number of nitrogens with zero attached hydrogens (tertiary/aromatic N) is 3. The van der Waals surface area contributed by atoms with Crippen LogP contribution in [0.25, 0.3) is 0 Å². The van der Waals surface area contributed by atoms with E-state index in [4.69, 9.17) is 9.15 Å². The standard InChI is InChI=1S/C21H24N4O3/c26-21(25-10-1-3-17(14-25)13-24-11-9-22-16-24)23-18-5-7-19(8-6-18)28-15-20-4-2-12-27-20/h2,4-9,11-12,16-17H,1,3,10,13-15H2,(H,23,26)/t17-/m0/s1. The molecule has 1 aliphatic heterocycles. The fourth-order valence-corrected chi connectivity index (χ4v) is 3.48. The van der Waals surface area contributed by atoms with Crippen LogP contribution in [-0.2, 0) is 13.2 Å². The van der Waals surface area contributed by atoms with Gasteiger partial charge in [-0.1, -0.05) is 0 Å². The third kappa shape index (κ3) is 4.73. The lowest BCUT2D eigenvalue weighted by Gasteiger charge is -2.33. The molecule has 3 aromatic rings. The Labute approximate surface area is 163 Å². The maximum absolute atomic E-state index is 12.6. The van der Waals surface area contributed by atoms with E-state index in [1.165, 1.54) is 0 Å². The number of piperidine rings is 1. The molecule has 2 aromatic heterocycles. The average Bonchev–Trinajstić information content (AvgIpc) is 3.42. The van der Waals surface area contributed by atoms with Crippen molar-refractivity contribution in [1.82, 2.24) is 14.5 Å². The molecule has 1 saturated heterocycles. The second kappa shape index (κ2) is 8.65. The number of ether oxygens (including phenoxy) is 1. The number of aromatic nitrogens is 2. The van der Waals surface area contributed by atoms with Crippen molar-refractivity contribution >= 4 is 11.7 Å². The first-order valence-electron chi connectivity index (χ1n) is 9.53. The van der Waals surface area contributed by atoms with E-state index < -0.39 is 0 Å². The Morgan fingerprint density at radius 2 is 2.18 bits per heavy atom. The maximum atomic E-state index is 12.6. The van der Waals surface area contributed by atoms with Gasteiger partial charge in [0, 0.05) is 37.7 Å². The number of rotatable bonds is 6. The van der Waals surface area contributed by atoms with E-state index in [1.54, 1.807) is 12.5 Å². The van der Waals surface area contributed by atoms with Gasteiger partial charge in [-0.2, -0.15) is 0 Å². The first-order valence-corrected chi connectivity index (χ1v) is 9.53. The molecule has 1 N–H and O–H groups in total. The van der Waals surface area contributed by atoms with Crippen LogP contribution in [0.1, 0.15) is 18.6 Å². The summed E-state index contributed by atoms with van der Waals surface area (Å²) in [6.07, 6.45) is 9.35. The summed E-state index contributed by atoms with van der Waals surface area (Å²) in [6.45, 7) is 2.82. The van der Waals surface area contributed by atoms with Gasteiger partial charge in [0.1, 0.15) is 18.1 Å². The van der Waals surface area contributed by atoms with Crippen molar-refractivity contribution in [3.05, 3.63) is 67.1 Å². The van der Waals surface area contributed by atoms with E-state index in [1.807, 2.05) is 53.8 Å². The summed E-state index contributed by atoms with van der Waals surface area (Å²) in [6, 6.07) is 11.0. The third-order valence-corrected chi connectivity index (χ3v) is 4.90. The van der Waals surface area contributed by atoms with E-state index in [2.05, 4.69) is 14.9 Å². The molecule has 1 aliphatic rings. The summed E-state index contributed by atoms with van der Waals surface area (Å²) in [7, 11) is 0. The highest BCUT2D eigenvalue weighted by molar-refractivity contribution is 5.89. The Morgan fingerprint density at radius 3 is 2.93 bits per heavy atom. The smallest absolute Gasteiger partial charge is 0.321 e. The molecule has 3 heterocycles. The van der Waals surface area contributed by atoms with Gasteiger partial charge in [-0.25, -0.2) is 9.78 Å². The summed E-state index contributed by atoms with van der Waals surface area (Å²) in [4.78, 5) is 18.6. The number of furan rings is 1. The quantitative estimate of drug-likeness (QED) is 0.702. The number of anilines is 1. The molecule has 0 bridgehead atoms. The molecule has 0 aliphatic carbocycles. The van der Waals surface area contributed by atoms with E-state index >= 15 is 0 Å². The van der Waals surface area contributed by atoms with Crippen LogP contribution >= 0.6 is 0 Å². The Kier molecular flexibility index (Phi) is 5.61. The van der Waals surface area contributed by atoms with Crippen LogP contribution in [-0.4, -0.2) is 33.6 Å². The molecule has 2 amide bonds. The van der Waals surface area contributed by atoms with Gasteiger partial charge in [-0.15, -0.1) is 0 Å². The second-order valence-corrected chi connectivity index (χ2v) is 7.04. The summed E-state index contributed by atoms with van der Waals surface area (Å²) in [5.74, 6) is 1.95. The fraction of sp³-hybridized carbons (Fsp3) is 0.333. The molecule has 0 unspecified atom stereocenters. The molecule has 146 valence electrons. The van der Waals surface area contributed by atoms with Crippen LogP contribution in [0.3, 0.4) is 0 Å². The number of carbonyl (C=O) groups excluding carboxylic acids is 1.